The van der Waals surface area contributed by atoms with Gasteiger partial charge in [-0.1, -0.05) is 0 Å². The number of carbonyl (C=O) groups is 3. The first-order valence-electron chi connectivity index (χ1n) is 7.28. The number of methoxy groups -OCH3 is 1. The molecule has 1 amide bonds. The minimum atomic E-state index is -7.31. The highest BCUT2D eigenvalue weighted by molar-refractivity contribution is 7.91. The van der Waals surface area contributed by atoms with E-state index in [1.807, 2.05) is 0 Å². The number of carboxylic acids is 1. The third kappa shape index (κ3) is 4.48. The van der Waals surface area contributed by atoms with Crippen LogP contribution in [0.3, 0.4) is 0 Å². The molecule has 0 aliphatic carbocycles. The summed E-state index contributed by atoms with van der Waals surface area (Å²) in [6.07, 6.45) is 0. The SMILES string of the molecule is COC(=O)c1cc(C(=O)O)cc(C(=O)NS(=O)(=O)C(F)(F)C(F)(F)C(F)(F)S(=O)(=O)O)c1. The Hall–Kier alpha value is -2.93. The molecule has 1 aromatic rings. The summed E-state index contributed by atoms with van der Waals surface area (Å²) in [7, 11) is -13.7. The average Bonchev–Trinajstić information content (AvgIpc) is 2.65. The van der Waals surface area contributed by atoms with Crippen LogP contribution in [-0.2, 0) is 24.9 Å². The molecule has 0 aliphatic heterocycles. The Kier molecular flexibility index (Phi) is 6.95. The third-order valence-corrected chi connectivity index (χ3v) is 5.77. The Bertz CT molecular complexity index is 1180. The van der Waals surface area contributed by atoms with E-state index in [2.05, 4.69) is 4.74 Å². The second kappa shape index (κ2) is 8.20. The maximum Gasteiger partial charge on any atom is 0.439 e. The van der Waals surface area contributed by atoms with E-state index in [-0.39, 0.29) is 4.72 Å². The lowest BCUT2D eigenvalue weighted by Crippen LogP contribution is -2.63. The average molecular weight is 517 g/mol. The molecule has 3 N–H and O–H groups in total. The number of nitrogens with one attached hydrogen (secondary N) is 1. The van der Waals surface area contributed by atoms with Crippen molar-refractivity contribution in [1.82, 2.24) is 4.72 Å². The molecule has 32 heavy (non-hydrogen) atoms. The van der Waals surface area contributed by atoms with Gasteiger partial charge < -0.3 is 9.84 Å². The molecule has 0 saturated heterocycles. The maximum atomic E-state index is 13.8. The number of hydrogen-bond acceptors (Lipinski definition) is 8. The molecule has 0 atom stereocenters. The number of hydrogen-bond donors (Lipinski definition) is 3. The molecule has 0 saturated carbocycles. The number of benzene rings is 1. The van der Waals surface area contributed by atoms with E-state index in [9.17, 15) is 57.6 Å². The number of halogens is 6. The van der Waals surface area contributed by atoms with Crippen molar-refractivity contribution in [3.05, 3.63) is 34.9 Å². The summed E-state index contributed by atoms with van der Waals surface area (Å²) in [5, 5.41) is -5.13. The van der Waals surface area contributed by atoms with Crippen LogP contribution in [-0.4, -0.2) is 67.9 Å². The van der Waals surface area contributed by atoms with Crippen LogP contribution >= 0.6 is 0 Å². The topological polar surface area (TPSA) is 181 Å². The zero-order valence-corrected chi connectivity index (χ0v) is 16.6. The lowest BCUT2D eigenvalue weighted by atomic mass is 10.1. The Morgan fingerprint density at radius 3 is 1.72 bits per heavy atom. The molecular formula is C13H9F6NO10S2. The van der Waals surface area contributed by atoms with E-state index >= 15 is 0 Å². The Morgan fingerprint density at radius 2 is 1.31 bits per heavy atom. The van der Waals surface area contributed by atoms with E-state index in [0.29, 0.717) is 18.2 Å². The number of ether oxygens (including phenoxy) is 1. The smallest absolute Gasteiger partial charge is 0.439 e. The molecule has 0 aliphatic rings. The van der Waals surface area contributed by atoms with Crippen molar-refractivity contribution < 1.29 is 72.0 Å². The van der Waals surface area contributed by atoms with Gasteiger partial charge in [-0.3, -0.25) is 9.35 Å². The lowest BCUT2D eigenvalue weighted by Gasteiger charge is -2.30. The highest BCUT2D eigenvalue weighted by Crippen LogP contribution is 2.50. The van der Waals surface area contributed by atoms with Gasteiger partial charge in [-0.2, -0.15) is 43.2 Å². The molecule has 0 fully saturated rings. The molecule has 0 unspecified atom stereocenters. The number of esters is 1. The van der Waals surface area contributed by atoms with Crippen molar-refractivity contribution in [3.63, 3.8) is 0 Å². The van der Waals surface area contributed by atoms with Gasteiger partial charge in [0.15, 0.2) is 0 Å². The summed E-state index contributed by atoms with van der Waals surface area (Å²) >= 11 is 0. The number of carbonyl (C=O) groups excluding carboxylic acids is 2. The minimum absolute atomic E-state index is 0.241. The van der Waals surface area contributed by atoms with Gasteiger partial charge in [0.25, 0.3) is 5.91 Å². The lowest BCUT2D eigenvalue weighted by molar-refractivity contribution is -0.245. The summed E-state index contributed by atoms with van der Waals surface area (Å²) in [4.78, 5) is 34.5. The molecular weight excluding hydrogens is 508 g/mol. The van der Waals surface area contributed by atoms with Crippen molar-refractivity contribution >= 4 is 38.0 Å². The first kappa shape index (κ1) is 27.1. The van der Waals surface area contributed by atoms with Crippen LogP contribution in [0.1, 0.15) is 31.1 Å². The van der Waals surface area contributed by atoms with Gasteiger partial charge in [-0.15, -0.1) is 0 Å². The Labute approximate surface area is 173 Å². The van der Waals surface area contributed by atoms with E-state index in [0.717, 1.165) is 7.11 Å². The zero-order chi connectivity index (χ0) is 25.5. The normalized spacial score (nSPS) is 13.4. The van der Waals surface area contributed by atoms with Crippen LogP contribution in [0.4, 0.5) is 26.3 Å². The van der Waals surface area contributed by atoms with Crippen molar-refractivity contribution in [3.8, 4) is 0 Å². The molecule has 19 heteroatoms. The molecule has 0 spiro atoms. The number of carboxylic acid groups (broad SMARTS) is 1. The summed E-state index contributed by atoms with van der Waals surface area (Å²) in [5.41, 5.74) is -2.87. The summed E-state index contributed by atoms with van der Waals surface area (Å²) in [5.74, 6) is -12.8. The van der Waals surface area contributed by atoms with E-state index in [4.69, 9.17) is 9.66 Å². The predicted octanol–water partition coefficient (Wildman–Crippen LogP) is 0.940. The fourth-order valence-electron chi connectivity index (χ4n) is 1.86. The van der Waals surface area contributed by atoms with Crippen LogP contribution < -0.4 is 4.72 Å². The highest BCUT2D eigenvalue weighted by Gasteiger charge is 2.82. The van der Waals surface area contributed by atoms with Crippen LogP contribution in [0, 0.1) is 0 Å². The molecule has 1 aromatic carbocycles. The van der Waals surface area contributed by atoms with Crippen molar-refractivity contribution in [2.45, 2.75) is 16.4 Å². The van der Waals surface area contributed by atoms with Crippen LogP contribution in [0.5, 0.6) is 0 Å². The largest absolute Gasteiger partial charge is 0.478 e. The number of aromatic carboxylic acids is 1. The second-order valence-corrected chi connectivity index (χ2v) is 8.80. The summed E-state index contributed by atoms with van der Waals surface area (Å²) in [6.45, 7) is 0. The van der Waals surface area contributed by atoms with Gasteiger partial charge in [0.2, 0.25) is 0 Å². The minimum Gasteiger partial charge on any atom is -0.478 e. The van der Waals surface area contributed by atoms with Gasteiger partial charge in [-0.25, -0.2) is 14.3 Å². The van der Waals surface area contributed by atoms with Crippen molar-refractivity contribution in [2.75, 3.05) is 7.11 Å². The zero-order valence-electron chi connectivity index (χ0n) is 15.0. The molecule has 0 radical (unpaired) electrons. The molecule has 0 bridgehead atoms. The maximum absolute atomic E-state index is 13.8. The number of rotatable bonds is 8. The standard InChI is InChI=1S/C13H9F6NO10S2/c1-30-10(24)7-3-5(2-6(4-7)9(22)23)8(21)20-31(25,26)12(16,17)11(14,15)13(18,19)32(27,28)29/h2-4H,1H3,(H,20,21)(H,22,23)(H,27,28,29). The number of sulfonamides is 1. The van der Waals surface area contributed by atoms with Crippen molar-refractivity contribution in [2.24, 2.45) is 0 Å². The van der Waals surface area contributed by atoms with Crippen molar-refractivity contribution in [1.29, 1.82) is 0 Å². The molecule has 1 rings (SSSR count). The van der Waals surface area contributed by atoms with Crippen LogP contribution in [0.25, 0.3) is 0 Å². The van der Waals surface area contributed by atoms with E-state index in [1.54, 1.807) is 0 Å². The highest BCUT2D eigenvalue weighted by atomic mass is 32.2. The van der Waals surface area contributed by atoms with Crippen LogP contribution in [0.2, 0.25) is 0 Å². The Balaban J connectivity index is 3.52. The first-order valence-corrected chi connectivity index (χ1v) is 10.2. The van der Waals surface area contributed by atoms with Gasteiger partial charge in [-0.05, 0) is 18.2 Å². The molecule has 11 nitrogen and oxygen atoms in total. The molecule has 0 heterocycles. The van der Waals surface area contributed by atoms with Crippen LogP contribution in [0.15, 0.2) is 18.2 Å². The van der Waals surface area contributed by atoms with E-state index in [1.165, 1.54) is 0 Å². The monoisotopic (exact) mass is 517 g/mol. The third-order valence-electron chi connectivity index (χ3n) is 3.48. The summed E-state index contributed by atoms with van der Waals surface area (Å²) < 4.78 is 137. The van der Waals surface area contributed by atoms with Gasteiger partial charge in [0.05, 0.1) is 18.2 Å². The Morgan fingerprint density at radius 1 is 0.875 bits per heavy atom. The molecule has 180 valence electrons. The quantitative estimate of drug-likeness (QED) is 0.255. The first-order chi connectivity index (χ1) is 14.1. The molecule has 0 aromatic heterocycles. The fourth-order valence-corrected chi connectivity index (χ4v) is 3.34. The fraction of sp³-hybridized carbons (Fsp3) is 0.308. The number of amides is 1. The van der Waals surface area contributed by atoms with Gasteiger partial charge >= 0.3 is 48.5 Å². The predicted molar refractivity (Wildman–Crippen MR) is 87.5 cm³/mol. The number of alkyl halides is 6. The van der Waals surface area contributed by atoms with Gasteiger partial charge in [0, 0.05) is 5.56 Å². The second-order valence-electron chi connectivity index (χ2n) is 5.61. The summed E-state index contributed by atoms with van der Waals surface area (Å²) in [6, 6.07) is 1.27. The van der Waals surface area contributed by atoms with E-state index < -0.39 is 71.1 Å². The van der Waals surface area contributed by atoms with Gasteiger partial charge in [0.1, 0.15) is 0 Å².